The van der Waals surface area contributed by atoms with Crippen LogP contribution in [0, 0.1) is 0 Å². The van der Waals surface area contributed by atoms with E-state index in [0.717, 1.165) is 17.4 Å². The lowest BCUT2D eigenvalue weighted by Gasteiger charge is -2.07. The van der Waals surface area contributed by atoms with Gasteiger partial charge in [0.25, 0.3) is 5.91 Å². The van der Waals surface area contributed by atoms with Gasteiger partial charge in [-0.05, 0) is 36.2 Å². The SMILES string of the molecule is CCc1cc(=O)[nH]c2cc(NC(=O)c3cc(-c4ccco4)on3)ccc12. The number of nitrogens with zero attached hydrogens (tertiary/aromatic N) is 1. The van der Waals surface area contributed by atoms with Crippen molar-refractivity contribution in [2.75, 3.05) is 5.32 Å². The molecule has 26 heavy (non-hydrogen) atoms. The first-order chi connectivity index (χ1) is 12.6. The van der Waals surface area contributed by atoms with Gasteiger partial charge in [0.1, 0.15) is 0 Å². The van der Waals surface area contributed by atoms with E-state index in [4.69, 9.17) is 8.94 Å². The van der Waals surface area contributed by atoms with Gasteiger partial charge in [0.05, 0.1) is 11.8 Å². The highest BCUT2D eigenvalue weighted by molar-refractivity contribution is 6.04. The maximum atomic E-state index is 12.4. The summed E-state index contributed by atoms with van der Waals surface area (Å²) in [4.78, 5) is 26.9. The number of benzene rings is 1. The van der Waals surface area contributed by atoms with Gasteiger partial charge in [-0.25, -0.2) is 0 Å². The van der Waals surface area contributed by atoms with Crippen LogP contribution in [0.4, 0.5) is 5.69 Å². The van der Waals surface area contributed by atoms with Crippen molar-refractivity contribution in [1.82, 2.24) is 10.1 Å². The molecule has 0 saturated carbocycles. The predicted octanol–water partition coefficient (Wildman–Crippen LogP) is 3.59. The molecule has 7 heteroatoms. The summed E-state index contributed by atoms with van der Waals surface area (Å²) in [5.41, 5.74) is 2.14. The first kappa shape index (κ1) is 15.9. The predicted molar refractivity (Wildman–Crippen MR) is 96.1 cm³/mol. The topological polar surface area (TPSA) is 101 Å². The molecule has 0 fully saturated rings. The van der Waals surface area contributed by atoms with E-state index in [0.29, 0.717) is 22.7 Å². The summed E-state index contributed by atoms with van der Waals surface area (Å²) in [5.74, 6) is 0.447. The highest BCUT2D eigenvalue weighted by atomic mass is 16.5. The zero-order chi connectivity index (χ0) is 18.1. The smallest absolute Gasteiger partial charge is 0.277 e. The number of aromatic nitrogens is 2. The van der Waals surface area contributed by atoms with Crippen LogP contribution in [0.25, 0.3) is 22.4 Å². The normalized spacial score (nSPS) is 11.0. The summed E-state index contributed by atoms with van der Waals surface area (Å²) in [6.45, 7) is 1.99. The van der Waals surface area contributed by atoms with Crippen LogP contribution in [-0.2, 0) is 6.42 Å². The van der Waals surface area contributed by atoms with E-state index in [1.165, 1.54) is 12.3 Å². The Balaban J connectivity index is 1.61. The van der Waals surface area contributed by atoms with Crippen LogP contribution < -0.4 is 10.9 Å². The molecule has 3 aromatic heterocycles. The number of nitrogens with one attached hydrogen (secondary N) is 2. The van der Waals surface area contributed by atoms with E-state index in [-0.39, 0.29) is 11.3 Å². The highest BCUT2D eigenvalue weighted by Gasteiger charge is 2.15. The Kier molecular flexibility index (Phi) is 3.89. The van der Waals surface area contributed by atoms with Crippen molar-refractivity contribution in [3.05, 3.63) is 70.3 Å². The lowest BCUT2D eigenvalue weighted by molar-refractivity contribution is 0.101. The number of aromatic amines is 1. The zero-order valence-corrected chi connectivity index (χ0v) is 13.9. The third kappa shape index (κ3) is 2.90. The summed E-state index contributed by atoms with van der Waals surface area (Å²) in [7, 11) is 0. The lowest BCUT2D eigenvalue weighted by atomic mass is 10.1. The molecule has 0 aliphatic carbocycles. The molecule has 0 aliphatic rings. The summed E-state index contributed by atoms with van der Waals surface area (Å²) in [6.07, 6.45) is 2.26. The minimum Gasteiger partial charge on any atom is -0.461 e. The second-order valence-corrected chi connectivity index (χ2v) is 5.78. The number of aryl methyl sites for hydroxylation is 1. The summed E-state index contributed by atoms with van der Waals surface area (Å²) in [6, 6.07) is 11.9. The fourth-order valence-electron chi connectivity index (χ4n) is 2.82. The van der Waals surface area contributed by atoms with Gasteiger partial charge in [-0.2, -0.15) is 0 Å². The second kappa shape index (κ2) is 6.36. The second-order valence-electron chi connectivity index (χ2n) is 5.78. The third-order valence-electron chi connectivity index (χ3n) is 4.07. The van der Waals surface area contributed by atoms with Crippen LogP contribution in [-0.4, -0.2) is 16.0 Å². The Hall–Kier alpha value is -3.61. The van der Waals surface area contributed by atoms with E-state index in [1.54, 1.807) is 30.3 Å². The maximum absolute atomic E-state index is 12.4. The summed E-state index contributed by atoms with van der Waals surface area (Å²) >= 11 is 0. The van der Waals surface area contributed by atoms with Gasteiger partial charge in [0.15, 0.2) is 11.5 Å². The van der Waals surface area contributed by atoms with E-state index in [9.17, 15) is 9.59 Å². The number of hydrogen-bond acceptors (Lipinski definition) is 5. The summed E-state index contributed by atoms with van der Waals surface area (Å²) < 4.78 is 10.3. The molecule has 0 radical (unpaired) electrons. The zero-order valence-electron chi connectivity index (χ0n) is 13.9. The van der Waals surface area contributed by atoms with Gasteiger partial charge in [-0.1, -0.05) is 18.1 Å². The first-order valence-electron chi connectivity index (χ1n) is 8.12. The fourth-order valence-corrected chi connectivity index (χ4v) is 2.82. The Morgan fingerprint density at radius 1 is 1.19 bits per heavy atom. The van der Waals surface area contributed by atoms with Gasteiger partial charge in [0.2, 0.25) is 11.3 Å². The van der Waals surface area contributed by atoms with E-state index >= 15 is 0 Å². The molecule has 3 heterocycles. The van der Waals surface area contributed by atoms with Crippen LogP contribution >= 0.6 is 0 Å². The molecule has 4 aromatic rings. The molecule has 1 amide bonds. The number of amides is 1. The molecule has 0 spiro atoms. The van der Waals surface area contributed by atoms with Crippen molar-refractivity contribution in [3.8, 4) is 11.5 Å². The number of carbonyl (C=O) groups is 1. The number of carbonyl (C=O) groups excluding carboxylic acids is 1. The van der Waals surface area contributed by atoms with Crippen LogP contribution in [0.2, 0.25) is 0 Å². The van der Waals surface area contributed by atoms with Gasteiger partial charge in [-0.3, -0.25) is 9.59 Å². The van der Waals surface area contributed by atoms with Crippen molar-refractivity contribution >= 4 is 22.5 Å². The Labute approximate surface area is 147 Å². The molecule has 0 unspecified atom stereocenters. The number of hydrogen-bond donors (Lipinski definition) is 2. The molecule has 0 saturated heterocycles. The minimum absolute atomic E-state index is 0.132. The standard InChI is InChI=1S/C19H15N3O4/c1-2-11-8-18(23)21-14-9-12(5-6-13(11)14)20-19(24)15-10-17(26-22-15)16-4-3-7-25-16/h3-10H,2H2,1H3,(H,20,24)(H,21,23). The Morgan fingerprint density at radius 3 is 2.85 bits per heavy atom. The minimum atomic E-state index is -0.417. The monoisotopic (exact) mass is 349 g/mol. The van der Waals surface area contributed by atoms with Crippen molar-refractivity contribution in [1.29, 1.82) is 0 Å². The van der Waals surface area contributed by atoms with Crippen LogP contribution in [0.1, 0.15) is 23.0 Å². The van der Waals surface area contributed by atoms with Crippen LogP contribution in [0.5, 0.6) is 0 Å². The van der Waals surface area contributed by atoms with E-state index in [2.05, 4.69) is 15.5 Å². The van der Waals surface area contributed by atoms with Crippen LogP contribution in [0.3, 0.4) is 0 Å². The van der Waals surface area contributed by atoms with E-state index in [1.807, 2.05) is 13.0 Å². The van der Waals surface area contributed by atoms with Gasteiger partial charge in [0, 0.05) is 23.2 Å². The van der Waals surface area contributed by atoms with Crippen molar-refractivity contribution in [2.45, 2.75) is 13.3 Å². The Bertz CT molecular complexity index is 1140. The average Bonchev–Trinajstić information content (AvgIpc) is 3.31. The third-order valence-corrected chi connectivity index (χ3v) is 4.07. The highest BCUT2D eigenvalue weighted by Crippen LogP contribution is 2.23. The number of anilines is 1. The molecular formula is C19H15N3O4. The van der Waals surface area contributed by atoms with Gasteiger partial charge >= 0.3 is 0 Å². The number of pyridine rings is 1. The van der Waals surface area contributed by atoms with Gasteiger partial charge < -0.3 is 19.2 Å². The molecule has 130 valence electrons. The fraction of sp³-hybridized carbons (Fsp3) is 0.105. The molecule has 0 atom stereocenters. The first-order valence-corrected chi connectivity index (χ1v) is 8.12. The molecule has 1 aromatic carbocycles. The maximum Gasteiger partial charge on any atom is 0.277 e. The van der Waals surface area contributed by atoms with Gasteiger partial charge in [-0.15, -0.1) is 0 Å². The quantitative estimate of drug-likeness (QED) is 0.586. The van der Waals surface area contributed by atoms with E-state index < -0.39 is 5.91 Å². The summed E-state index contributed by atoms with van der Waals surface area (Å²) in [5, 5.41) is 7.47. The molecule has 2 N–H and O–H groups in total. The number of furan rings is 1. The lowest BCUT2D eigenvalue weighted by Crippen LogP contribution is -2.12. The van der Waals surface area contributed by atoms with Crippen molar-refractivity contribution in [3.63, 3.8) is 0 Å². The molecule has 7 nitrogen and oxygen atoms in total. The molecular weight excluding hydrogens is 334 g/mol. The molecule has 0 aliphatic heterocycles. The largest absolute Gasteiger partial charge is 0.461 e. The number of H-pyrrole nitrogens is 1. The Morgan fingerprint density at radius 2 is 2.08 bits per heavy atom. The number of rotatable bonds is 4. The van der Waals surface area contributed by atoms with Crippen molar-refractivity contribution in [2.24, 2.45) is 0 Å². The van der Waals surface area contributed by atoms with Crippen molar-refractivity contribution < 1.29 is 13.7 Å². The number of fused-ring (bicyclic) bond motifs is 1. The molecule has 4 rings (SSSR count). The average molecular weight is 349 g/mol. The molecule has 0 bridgehead atoms. The van der Waals surface area contributed by atoms with Crippen LogP contribution in [0.15, 0.2) is 62.5 Å².